The van der Waals surface area contributed by atoms with Gasteiger partial charge in [-0.05, 0) is 30.5 Å². The molecule has 2 heterocycles. The Kier molecular flexibility index (Phi) is 6.54. The Labute approximate surface area is 189 Å². The Morgan fingerprint density at radius 1 is 1.12 bits per heavy atom. The summed E-state index contributed by atoms with van der Waals surface area (Å²) < 4.78 is 48.7. The number of amides is 2. The average Bonchev–Trinajstić information content (AvgIpc) is 3.44. The molecule has 0 N–H and O–H groups in total. The van der Waals surface area contributed by atoms with Crippen molar-refractivity contribution in [2.24, 2.45) is 0 Å². The van der Waals surface area contributed by atoms with Crippen molar-refractivity contribution in [3.05, 3.63) is 65.2 Å². The van der Waals surface area contributed by atoms with Crippen LogP contribution in [0.5, 0.6) is 5.75 Å². The summed E-state index contributed by atoms with van der Waals surface area (Å²) in [7, 11) is 0. The molecular formula is C24H22F3N3O3. The number of nitriles is 1. The fraction of sp³-hybridized carbons (Fsp3) is 0.375. The topological polar surface area (TPSA) is 73.6 Å². The van der Waals surface area contributed by atoms with Crippen molar-refractivity contribution >= 4 is 11.8 Å². The van der Waals surface area contributed by atoms with Crippen LogP contribution in [0, 0.1) is 23.0 Å². The summed E-state index contributed by atoms with van der Waals surface area (Å²) in [6.07, 6.45) is -0.509. The van der Waals surface area contributed by atoms with Crippen molar-refractivity contribution in [2.75, 3.05) is 13.1 Å². The van der Waals surface area contributed by atoms with Gasteiger partial charge in [0.05, 0.1) is 12.6 Å². The second-order valence-electron chi connectivity index (χ2n) is 8.17. The van der Waals surface area contributed by atoms with E-state index in [-0.39, 0.29) is 25.1 Å². The van der Waals surface area contributed by atoms with Crippen LogP contribution in [0.2, 0.25) is 0 Å². The van der Waals surface area contributed by atoms with Crippen molar-refractivity contribution in [3.8, 4) is 11.8 Å². The molecule has 2 amide bonds. The summed E-state index contributed by atoms with van der Waals surface area (Å²) in [5.41, 5.74) is 0.365. The molecule has 2 aliphatic heterocycles. The van der Waals surface area contributed by atoms with Crippen LogP contribution in [0.1, 0.15) is 35.2 Å². The molecule has 9 heteroatoms. The largest absolute Gasteiger partial charge is 0.483 e. The highest BCUT2D eigenvalue weighted by Crippen LogP contribution is 2.30. The van der Waals surface area contributed by atoms with Crippen LogP contribution >= 0.6 is 0 Å². The monoisotopic (exact) mass is 457 g/mol. The molecule has 4 rings (SSSR count). The number of halogens is 3. The second kappa shape index (κ2) is 9.53. The smallest absolute Gasteiger partial charge is 0.254 e. The Bertz CT molecular complexity index is 1070. The Balaban J connectivity index is 1.52. The van der Waals surface area contributed by atoms with Gasteiger partial charge in [0.2, 0.25) is 5.91 Å². The number of ether oxygens (including phenoxy) is 1. The molecule has 3 atom stereocenters. The van der Waals surface area contributed by atoms with Crippen molar-refractivity contribution in [2.45, 2.75) is 44.1 Å². The number of hydrogen-bond acceptors (Lipinski definition) is 4. The Hall–Kier alpha value is -3.54. The van der Waals surface area contributed by atoms with Gasteiger partial charge < -0.3 is 14.5 Å². The van der Waals surface area contributed by atoms with E-state index < -0.39 is 47.5 Å². The number of likely N-dealkylation sites (tertiary alicyclic amines) is 2. The predicted molar refractivity (Wildman–Crippen MR) is 112 cm³/mol. The van der Waals surface area contributed by atoms with Crippen molar-refractivity contribution in [3.63, 3.8) is 0 Å². The SMILES string of the molecule is N#C[C@@H]1CCCN1C(=O)[C@H]1C[C@H](F)CN1C(=O)c1cc(F)c(OCc2ccccc2)c(F)c1. The molecule has 2 aliphatic rings. The molecule has 0 radical (unpaired) electrons. The van der Waals surface area contributed by atoms with Crippen LogP contribution in [-0.2, 0) is 11.4 Å². The molecule has 6 nitrogen and oxygen atoms in total. The number of carbonyl (C=O) groups is 2. The maximum atomic E-state index is 14.6. The van der Waals surface area contributed by atoms with Gasteiger partial charge in [0, 0.05) is 18.5 Å². The van der Waals surface area contributed by atoms with Gasteiger partial charge in [0.25, 0.3) is 5.91 Å². The van der Waals surface area contributed by atoms with E-state index in [0.29, 0.717) is 24.9 Å². The van der Waals surface area contributed by atoms with E-state index in [9.17, 15) is 28.0 Å². The lowest BCUT2D eigenvalue weighted by molar-refractivity contribution is -0.135. The zero-order valence-electron chi connectivity index (χ0n) is 17.7. The normalized spacial score (nSPS) is 22.3. The summed E-state index contributed by atoms with van der Waals surface area (Å²) in [6, 6.07) is 10.8. The van der Waals surface area contributed by atoms with Gasteiger partial charge in [0.1, 0.15) is 24.9 Å². The number of carbonyl (C=O) groups excluding carboxylic acids is 2. The van der Waals surface area contributed by atoms with E-state index in [1.54, 1.807) is 30.3 Å². The zero-order chi connectivity index (χ0) is 23.5. The highest BCUT2D eigenvalue weighted by molar-refractivity contribution is 5.98. The van der Waals surface area contributed by atoms with Crippen LogP contribution in [0.25, 0.3) is 0 Å². The first-order valence-corrected chi connectivity index (χ1v) is 10.7. The molecule has 2 fully saturated rings. The number of hydrogen-bond donors (Lipinski definition) is 0. The predicted octanol–water partition coefficient (Wildman–Crippen LogP) is 3.61. The fourth-order valence-electron chi connectivity index (χ4n) is 4.32. The fourth-order valence-corrected chi connectivity index (χ4v) is 4.32. The number of alkyl halides is 1. The summed E-state index contributed by atoms with van der Waals surface area (Å²) in [4.78, 5) is 28.3. The third kappa shape index (κ3) is 4.65. The summed E-state index contributed by atoms with van der Waals surface area (Å²) in [5, 5.41) is 9.24. The van der Waals surface area contributed by atoms with Crippen LogP contribution in [0.4, 0.5) is 13.2 Å². The van der Waals surface area contributed by atoms with E-state index in [1.165, 1.54) is 4.90 Å². The Morgan fingerprint density at radius 2 is 1.82 bits per heavy atom. The quantitative estimate of drug-likeness (QED) is 0.688. The summed E-state index contributed by atoms with van der Waals surface area (Å²) in [6.45, 7) is -0.0802. The van der Waals surface area contributed by atoms with Crippen molar-refractivity contribution in [1.82, 2.24) is 9.80 Å². The number of nitrogens with zero attached hydrogens (tertiary/aromatic N) is 3. The summed E-state index contributed by atoms with van der Waals surface area (Å²) >= 11 is 0. The molecule has 0 unspecified atom stereocenters. The van der Waals surface area contributed by atoms with E-state index in [1.807, 2.05) is 6.07 Å². The number of rotatable bonds is 5. The second-order valence-corrected chi connectivity index (χ2v) is 8.17. The van der Waals surface area contributed by atoms with Gasteiger partial charge >= 0.3 is 0 Å². The minimum atomic E-state index is -1.45. The van der Waals surface area contributed by atoms with Gasteiger partial charge in [-0.2, -0.15) is 5.26 Å². The lowest BCUT2D eigenvalue weighted by Crippen LogP contribution is -2.49. The highest BCUT2D eigenvalue weighted by Gasteiger charge is 2.44. The first kappa shape index (κ1) is 22.6. The highest BCUT2D eigenvalue weighted by atomic mass is 19.1. The third-order valence-corrected chi connectivity index (χ3v) is 5.95. The van der Waals surface area contributed by atoms with Gasteiger partial charge in [-0.15, -0.1) is 0 Å². The zero-order valence-corrected chi connectivity index (χ0v) is 17.7. The average molecular weight is 457 g/mol. The molecule has 0 bridgehead atoms. The van der Waals surface area contributed by atoms with Crippen LogP contribution in [0.15, 0.2) is 42.5 Å². The number of benzene rings is 2. The summed E-state index contributed by atoms with van der Waals surface area (Å²) in [5.74, 6) is -4.14. The standard InChI is InChI=1S/C24H22F3N3O3/c25-17-11-21(24(32)29-8-4-7-18(29)12-28)30(13-17)23(31)16-9-19(26)22(20(27)10-16)33-14-15-5-2-1-3-6-15/h1-3,5-6,9-10,17-18,21H,4,7-8,11,13-14H2/t17-,18-,21+/m0/s1. The molecule has 0 aromatic heterocycles. The maximum Gasteiger partial charge on any atom is 0.254 e. The molecule has 0 aliphatic carbocycles. The van der Waals surface area contributed by atoms with E-state index >= 15 is 0 Å². The molecule has 2 saturated heterocycles. The maximum absolute atomic E-state index is 14.6. The first-order chi connectivity index (χ1) is 15.9. The van der Waals surface area contributed by atoms with Crippen LogP contribution in [0.3, 0.4) is 0 Å². The van der Waals surface area contributed by atoms with Gasteiger partial charge in [-0.1, -0.05) is 30.3 Å². The lowest BCUT2D eigenvalue weighted by Gasteiger charge is -2.29. The van der Waals surface area contributed by atoms with Crippen LogP contribution in [-0.4, -0.2) is 53.0 Å². The Morgan fingerprint density at radius 3 is 2.48 bits per heavy atom. The molecule has 2 aromatic rings. The van der Waals surface area contributed by atoms with E-state index in [4.69, 9.17) is 4.74 Å². The van der Waals surface area contributed by atoms with E-state index in [2.05, 4.69) is 0 Å². The lowest BCUT2D eigenvalue weighted by atomic mass is 10.1. The third-order valence-electron chi connectivity index (χ3n) is 5.95. The minimum absolute atomic E-state index is 0.0654. The molecular weight excluding hydrogens is 435 g/mol. The van der Waals surface area contributed by atoms with Gasteiger partial charge in [0.15, 0.2) is 17.4 Å². The van der Waals surface area contributed by atoms with Gasteiger partial charge in [-0.3, -0.25) is 9.59 Å². The minimum Gasteiger partial charge on any atom is -0.483 e. The van der Waals surface area contributed by atoms with Crippen molar-refractivity contribution < 1.29 is 27.5 Å². The molecule has 0 saturated carbocycles. The molecule has 2 aromatic carbocycles. The first-order valence-electron chi connectivity index (χ1n) is 10.7. The van der Waals surface area contributed by atoms with Crippen LogP contribution < -0.4 is 4.74 Å². The van der Waals surface area contributed by atoms with Crippen molar-refractivity contribution in [1.29, 1.82) is 5.26 Å². The van der Waals surface area contributed by atoms with E-state index in [0.717, 1.165) is 17.0 Å². The van der Waals surface area contributed by atoms with Gasteiger partial charge in [-0.25, -0.2) is 13.2 Å². The molecule has 33 heavy (non-hydrogen) atoms. The molecule has 0 spiro atoms. The molecule has 172 valence electrons.